The molecule has 3 heteroatoms. The molecule has 0 aromatic carbocycles. The van der Waals surface area contributed by atoms with Crippen molar-refractivity contribution in [3.8, 4) is 0 Å². The van der Waals surface area contributed by atoms with Gasteiger partial charge in [-0.2, -0.15) is 0 Å². The molecule has 110 valence electrons. The highest BCUT2D eigenvalue weighted by Crippen LogP contribution is 2.40. The van der Waals surface area contributed by atoms with E-state index < -0.39 is 0 Å². The number of rotatable bonds is 5. The van der Waals surface area contributed by atoms with Gasteiger partial charge in [-0.3, -0.25) is 4.90 Å². The van der Waals surface area contributed by atoms with E-state index in [1.165, 1.54) is 58.0 Å². The number of nitrogens with zero attached hydrogens (tertiary/aromatic N) is 1. The van der Waals surface area contributed by atoms with Crippen LogP contribution >= 0.6 is 0 Å². The molecule has 1 saturated heterocycles. The fraction of sp³-hybridized carbons (Fsp3) is 1.00. The molecule has 1 N–H and O–H groups in total. The topological polar surface area (TPSA) is 24.5 Å². The first kappa shape index (κ1) is 13.8. The van der Waals surface area contributed by atoms with Gasteiger partial charge < -0.3 is 10.1 Å². The van der Waals surface area contributed by atoms with Crippen LogP contribution in [-0.2, 0) is 4.74 Å². The lowest BCUT2D eigenvalue weighted by Crippen LogP contribution is -2.53. The van der Waals surface area contributed by atoms with Crippen molar-refractivity contribution < 1.29 is 4.74 Å². The maximum absolute atomic E-state index is 5.95. The molecule has 2 saturated carbocycles. The molecule has 3 fully saturated rings. The van der Waals surface area contributed by atoms with Crippen molar-refractivity contribution in [3.05, 3.63) is 0 Å². The summed E-state index contributed by atoms with van der Waals surface area (Å²) in [5.74, 6) is 0. The highest BCUT2D eigenvalue weighted by molar-refractivity contribution is 4.95. The molecular formula is C16H30N2O. The molecule has 19 heavy (non-hydrogen) atoms. The standard InChI is InChI=1S/C16H30N2O/c1-2-17-12-16(8-3-4-9-16)13-18-10-11-19-15-7-5-6-14(15)18/h14-15,17H,2-13H2,1H3. The van der Waals surface area contributed by atoms with Crippen LogP contribution in [0.15, 0.2) is 0 Å². The van der Waals surface area contributed by atoms with Crippen molar-refractivity contribution in [3.63, 3.8) is 0 Å². The Kier molecular flexibility index (Phi) is 4.45. The first-order valence-corrected chi connectivity index (χ1v) is 8.39. The summed E-state index contributed by atoms with van der Waals surface area (Å²) in [6, 6.07) is 0.729. The first-order valence-electron chi connectivity index (χ1n) is 8.39. The van der Waals surface area contributed by atoms with Gasteiger partial charge in [-0.1, -0.05) is 19.8 Å². The number of nitrogens with one attached hydrogen (secondary N) is 1. The maximum atomic E-state index is 5.95. The molecule has 2 unspecified atom stereocenters. The maximum Gasteiger partial charge on any atom is 0.0730 e. The molecule has 0 amide bonds. The van der Waals surface area contributed by atoms with Crippen LogP contribution < -0.4 is 5.32 Å². The predicted octanol–water partition coefficient (Wildman–Crippen LogP) is 2.41. The van der Waals surface area contributed by atoms with Gasteiger partial charge in [0, 0.05) is 25.7 Å². The Morgan fingerprint density at radius 3 is 2.84 bits per heavy atom. The molecule has 3 aliphatic rings. The second-order valence-corrected chi connectivity index (χ2v) is 6.87. The minimum absolute atomic E-state index is 0.548. The van der Waals surface area contributed by atoms with E-state index in [-0.39, 0.29) is 0 Å². The Labute approximate surface area is 118 Å². The third-order valence-corrected chi connectivity index (χ3v) is 5.55. The zero-order valence-corrected chi connectivity index (χ0v) is 12.5. The fourth-order valence-corrected chi connectivity index (χ4v) is 4.54. The van der Waals surface area contributed by atoms with Crippen LogP contribution in [0.5, 0.6) is 0 Å². The summed E-state index contributed by atoms with van der Waals surface area (Å²) in [5, 5.41) is 3.62. The summed E-state index contributed by atoms with van der Waals surface area (Å²) in [6.45, 7) is 7.98. The molecule has 1 aliphatic heterocycles. The van der Waals surface area contributed by atoms with E-state index in [9.17, 15) is 0 Å². The van der Waals surface area contributed by atoms with Crippen LogP contribution in [0.2, 0.25) is 0 Å². The molecule has 0 aromatic rings. The van der Waals surface area contributed by atoms with Crippen LogP contribution in [-0.4, -0.2) is 49.8 Å². The van der Waals surface area contributed by atoms with E-state index in [2.05, 4.69) is 17.1 Å². The number of fused-ring (bicyclic) bond motifs is 1. The van der Waals surface area contributed by atoms with Gasteiger partial charge in [0.1, 0.15) is 0 Å². The van der Waals surface area contributed by atoms with Crippen LogP contribution in [0.25, 0.3) is 0 Å². The Hall–Kier alpha value is -0.120. The van der Waals surface area contributed by atoms with E-state index >= 15 is 0 Å². The number of hydrogen-bond acceptors (Lipinski definition) is 3. The largest absolute Gasteiger partial charge is 0.375 e. The molecule has 2 atom stereocenters. The number of morpholine rings is 1. The Morgan fingerprint density at radius 1 is 1.21 bits per heavy atom. The predicted molar refractivity (Wildman–Crippen MR) is 78.4 cm³/mol. The van der Waals surface area contributed by atoms with Crippen LogP contribution in [0, 0.1) is 5.41 Å². The molecule has 0 radical (unpaired) electrons. The fourth-order valence-electron chi connectivity index (χ4n) is 4.54. The molecule has 0 bridgehead atoms. The van der Waals surface area contributed by atoms with Crippen molar-refractivity contribution in [1.29, 1.82) is 0 Å². The van der Waals surface area contributed by atoms with Gasteiger partial charge in [0.25, 0.3) is 0 Å². The quantitative estimate of drug-likeness (QED) is 0.827. The zero-order chi connectivity index (χ0) is 13.1. The van der Waals surface area contributed by atoms with E-state index in [0.717, 1.165) is 25.7 Å². The third-order valence-electron chi connectivity index (χ3n) is 5.55. The minimum Gasteiger partial charge on any atom is -0.375 e. The van der Waals surface area contributed by atoms with E-state index in [1.807, 2.05) is 0 Å². The van der Waals surface area contributed by atoms with Gasteiger partial charge in [-0.15, -0.1) is 0 Å². The lowest BCUT2D eigenvalue weighted by molar-refractivity contribution is -0.0682. The van der Waals surface area contributed by atoms with Gasteiger partial charge in [0.2, 0.25) is 0 Å². The molecule has 0 aromatic heterocycles. The van der Waals surface area contributed by atoms with Gasteiger partial charge in [-0.05, 0) is 44.1 Å². The van der Waals surface area contributed by atoms with E-state index in [4.69, 9.17) is 4.74 Å². The van der Waals surface area contributed by atoms with Crippen molar-refractivity contribution in [2.75, 3.05) is 32.8 Å². The number of ether oxygens (including phenoxy) is 1. The Balaban J connectivity index is 1.63. The van der Waals surface area contributed by atoms with Gasteiger partial charge in [0.05, 0.1) is 12.7 Å². The Morgan fingerprint density at radius 2 is 2.05 bits per heavy atom. The van der Waals surface area contributed by atoms with E-state index in [0.29, 0.717) is 11.5 Å². The summed E-state index contributed by atoms with van der Waals surface area (Å²) in [7, 11) is 0. The van der Waals surface area contributed by atoms with Crippen LogP contribution in [0.1, 0.15) is 51.9 Å². The summed E-state index contributed by atoms with van der Waals surface area (Å²) < 4.78 is 5.95. The monoisotopic (exact) mass is 266 g/mol. The van der Waals surface area contributed by atoms with Crippen LogP contribution in [0.4, 0.5) is 0 Å². The molecule has 1 heterocycles. The lowest BCUT2D eigenvalue weighted by atomic mass is 9.84. The third kappa shape index (κ3) is 2.98. The van der Waals surface area contributed by atoms with Crippen molar-refractivity contribution >= 4 is 0 Å². The minimum atomic E-state index is 0.548. The second kappa shape index (κ2) is 6.11. The molecule has 2 aliphatic carbocycles. The van der Waals surface area contributed by atoms with Crippen LogP contribution in [0.3, 0.4) is 0 Å². The van der Waals surface area contributed by atoms with Gasteiger partial charge in [0.15, 0.2) is 0 Å². The Bertz CT molecular complexity index is 288. The van der Waals surface area contributed by atoms with Crippen molar-refractivity contribution in [2.45, 2.75) is 64.0 Å². The van der Waals surface area contributed by atoms with Crippen molar-refractivity contribution in [2.24, 2.45) is 5.41 Å². The summed E-state index contributed by atoms with van der Waals surface area (Å²) in [4.78, 5) is 2.78. The lowest BCUT2D eigenvalue weighted by Gasteiger charge is -2.43. The summed E-state index contributed by atoms with van der Waals surface area (Å²) in [5.41, 5.74) is 0.556. The smallest absolute Gasteiger partial charge is 0.0730 e. The average Bonchev–Trinajstić information content (AvgIpc) is 3.06. The average molecular weight is 266 g/mol. The highest BCUT2D eigenvalue weighted by Gasteiger charge is 2.41. The molecular weight excluding hydrogens is 236 g/mol. The summed E-state index contributed by atoms with van der Waals surface area (Å²) in [6.07, 6.45) is 10.3. The van der Waals surface area contributed by atoms with E-state index in [1.54, 1.807) is 0 Å². The SMILES string of the molecule is CCNCC1(CN2CCOC3CCCC32)CCCC1. The molecule has 3 rings (SSSR count). The highest BCUT2D eigenvalue weighted by atomic mass is 16.5. The molecule has 3 nitrogen and oxygen atoms in total. The summed E-state index contributed by atoms with van der Waals surface area (Å²) >= 11 is 0. The van der Waals surface area contributed by atoms with Gasteiger partial charge in [-0.25, -0.2) is 0 Å². The normalized spacial score (nSPS) is 34.6. The second-order valence-electron chi connectivity index (χ2n) is 6.87. The van der Waals surface area contributed by atoms with Gasteiger partial charge >= 0.3 is 0 Å². The number of hydrogen-bond donors (Lipinski definition) is 1. The molecule has 0 spiro atoms. The van der Waals surface area contributed by atoms with Crippen molar-refractivity contribution in [1.82, 2.24) is 10.2 Å². The first-order chi connectivity index (χ1) is 9.33. The zero-order valence-electron chi connectivity index (χ0n) is 12.5.